The predicted molar refractivity (Wildman–Crippen MR) is 143 cm³/mol. The summed E-state index contributed by atoms with van der Waals surface area (Å²) in [5.74, 6) is 0.648. The Morgan fingerprint density at radius 3 is 2.19 bits per heavy atom. The van der Waals surface area contributed by atoms with E-state index >= 15 is 0 Å². The lowest BCUT2D eigenvalue weighted by molar-refractivity contribution is -0.108. The van der Waals surface area contributed by atoms with Gasteiger partial charge in [-0.15, -0.1) is 0 Å². The number of rotatable bonds is 11. The van der Waals surface area contributed by atoms with Crippen LogP contribution in [0.1, 0.15) is 67.0 Å². The van der Waals surface area contributed by atoms with E-state index in [0.29, 0.717) is 18.6 Å². The van der Waals surface area contributed by atoms with Crippen LogP contribution in [0.2, 0.25) is 0 Å². The van der Waals surface area contributed by atoms with Gasteiger partial charge in [0.05, 0.1) is 17.4 Å². The Morgan fingerprint density at radius 2 is 1.56 bits per heavy atom. The van der Waals surface area contributed by atoms with Gasteiger partial charge in [0.15, 0.2) is 5.76 Å². The molecule has 1 aliphatic carbocycles. The van der Waals surface area contributed by atoms with Gasteiger partial charge in [0.25, 0.3) is 0 Å². The van der Waals surface area contributed by atoms with Crippen LogP contribution >= 0.6 is 0 Å². The SMILES string of the molecule is Cc1noc(-c2ccc(-c3ccc(C4(CC=O)CC4)cc3)cc2)c1C(O)CCCCc1ccccc1. The number of nitrogens with zero attached hydrogens (tertiary/aromatic N) is 1. The Morgan fingerprint density at radius 1 is 0.917 bits per heavy atom. The Balaban J connectivity index is 1.25. The number of aliphatic hydroxyl groups is 1. The molecule has 0 bridgehead atoms. The molecule has 1 fully saturated rings. The zero-order chi connectivity index (χ0) is 25.0. The van der Waals surface area contributed by atoms with Crippen molar-refractivity contribution in [2.45, 2.75) is 63.4 Å². The molecule has 0 spiro atoms. The molecule has 0 radical (unpaired) electrons. The van der Waals surface area contributed by atoms with Crippen molar-refractivity contribution >= 4 is 6.29 Å². The van der Waals surface area contributed by atoms with Crippen molar-refractivity contribution in [2.75, 3.05) is 0 Å². The van der Waals surface area contributed by atoms with E-state index in [9.17, 15) is 9.90 Å². The molecule has 1 aliphatic rings. The lowest BCUT2D eigenvalue weighted by atomic mass is 9.91. The van der Waals surface area contributed by atoms with Crippen LogP contribution in [0.15, 0.2) is 83.4 Å². The molecular weight excluding hydrogens is 446 g/mol. The predicted octanol–water partition coefficient (Wildman–Crippen LogP) is 7.38. The first kappa shape index (κ1) is 24.2. The third-order valence-corrected chi connectivity index (χ3v) is 7.58. The minimum Gasteiger partial charge on any atom is -0.388 e. The fourth-order valence-electron chi connectivity index (χ4n) is 5.18. The Bertz CT molecular complexity index is 1290. The van der Waals surface area contributed by atoms with E-state index in [0.717, 1.165) is 66.3 Å². The van der Waals surface area contributed by atoms with Crippen molar-refractivity contribution in [3.05, 3.63) is 101 Å². The van der Waals surface area contributed by atoms with Gasteiger partial charge in [0.1, 0.15) is 6.29 Å². The second-order valence-electron chi connectivity index (χ2n) is 10.1. The lowest BCUT2D eigenvalue weighted by Crippen LogP contribution is -2.06. The van der Waals surface area contributed by atoms with Crippen LogP contribution in [0.3, 0.4) is 0 Å². The van der Waals surface area contributed by atoms with Crippen molar-refractivity contribution in [3.63, 3.8) is 0 Å². The Kier molecular flexibility index (Phi) is 7.15. The molecule has 4 aromatic rings. The maximum absolute atomic E-state index is 11.0. The number of aromatic nitrogens is 1. The normalized spacial score (nSPS) is 14.9. The second kappa shape index (κ2) is 10.6. The second-order valence-corrected chi connectivity index (χ2v) is 10.1. The number of benzene rings is 3. The molecule has 1 aromatic heterocycles. The van der Waals surface area contributed by atoms with E-state index in [1.165, 1.54) is 11.1 Å². The highest BCUT2D eigenvalue weighted by Gasteiger charge is 2.43. The number of aryl methyl sites for hydroxylation is 2. The zero-order valence-electron chi connectivity index (χ0n) is 20.8. The molecule has 0 aliphatic heterocycles. The topological polar surface area (TPSA) is 63.3 Å². The minimum atomic E-state index is -0.602. The van der Waals surface area contributed by atoms with Crippen LogP contribution in [0.4, 0.5) is 0 Å². The summed E-state index contributed by atoms with van der Waals surface area (Å²) < 4.78 is 5.67. The van der Waals surface area contributed by atoms with Gasteiger partial charge in [-0.25, -0.2) is 0 Å². The first-order chi connectivity index (χ1) is 17.6. The largest absolute Gasteiger partial charge is 0.388 e. The van der Waals surface area contributed by atoms with E-state index < -0.39 is 6.10 Å². The maximum Gasteiger partial charge on any atom is 0.172 e. The molecule has 0 amide bonds. The van der Waals surface area contributed by atoms with Crippen molar-refractivity contribution < 1.29 is 14.4 Å². The molecule has 4 nitrogen and oxygen atoms in total. The smallest absolute Gasteiger partial charge is 0.172 e. The third kappa shape index (κ3) is 5.19. The number of aldehydes is 1. The molecule has 1 unspecified atom stereocenters. The molecule has 1 N–H and O–H groups in total. The standard InChI is InChI=1S/C32H33NO3/c1-23-30(29(35)10-6-5-9-24-7-3-2-4-8-24)31(36-33-23)27-13-11-25(12-14-27)26-15-17-28(18-16-26)32(19-20-32)21-22-34/h2-4,7-8,11-18,22,29,35H,5-6,9-10,19-21H2,1H3. The summed E-state index contributed by atoms with van der Waals surface area (Å²) in [6.07, 6.45) is 6.90. The molecule has 0 saturated heterocycles. The van der Waals surface area contributed by atoms with Gasteiger partial charge >= 0.3 is 0 Å². The minimum absolute atomic E-state index is 0.0765. The number of hydrogen-bond donors (Lipinski definition) is 1. The molecule has 1 atom stereocenters. The van der Waals surface area contributed by atoms with Crippen molar-refractivity contribution in [1.29, 1.82) is 0 Å². The average Bonchev–Trinajstić information content (AvgIpc) is 3.60. The molecule has 1 heterocycles. The molecule has 184 valence electrons. The van der Waals surface area contributed by atoms with E-state index in [2.05, 4.69) is 65.8 Å². The number of hydrogen-bond acceptors (Lipinski definition) is 4. The Hall–Kier alpha value is -3.50. The summed E-state index contributed by atoms with van der Waals surface area (Å²) in [5.41, 5.74) is 7.36. The van der Waals surface area contributed by atoms with Gasteiger partial charge in [0.2, 0.25) is 0 Å². The first-order valence-electron chi connectivity index (χ1n) is 12.9. The number of carbonyl (C=O) groups is 1. The highest BCUT2D eigenvalue weighted by atomic mass is 16.5. The van der Waals surface area contributed by atoms with Gasteiger partial charge in [-0.05, 0) is 61.3 Å². The van der Waals surface area contributed by atoms with E-state index in [4.69, 9.17) is 4.52 Å². The first-order valence-corrected chi connectivity index (χ1v) is 12.9. The maximum atomic E-state index is 11.0. The third-order valence-electron chi connectivity index (χ3n) is 7.58. The Labute approximate surface area is 213 Å². The number of carbonyl (C=O) groups excluding carboxylic acids is 1. The highest BCUT2D eigenvalue weighted by molar-refractivity contribution is 5.70. The van der Waals surface area contributed by atoms with Gasteiger partial charge in [-0.3, -0.25) is 0 Å². The zero-order valence-corrected chi connectivity index (χ0v) is 20.8. The fourth-order valence-corrected chi connectivity index (χ4v) is 5.18. The van der Waals surface area contributed by atoms with Gasteiger partial charge in [-0.1, -0.05) is 90.4 Å². The summed E-state index contributed by atoms with van der Waals surface area (Å²) in [4.78, 5) is 11.0. The van der Waals surface area contributed by atoms with Crippen molar-refractivity contribution in [2.24, 2.45) is 0 Å². The van der Waals surface area contributed by atoms with Crippen LogP contribution in [0.5, 0.6) is 0 Å². The van der Waals surface area contributed by atoms with Crippen molar-refractivity contribution in [1.82, 2.24) is 5.16 Å². The van der Waals surface area contributed by atoms with E-state index in [-0.39, 0.29) is 5.41 Å². The fraction of sp³-hybridized carbons (Fsp3) is 0.312. The van der Waals surface area contributed by atoms with Crippen LogP contribution in [-0.2, 0) is 16.6 Å². The van der Waals surface area contributed by atoms with Crippen LogP contribution < -0.4 is 0 Å². The number of aliphatic hydroxyl groups excluding tert-OH is 1. The van der Waals surface area contributed by atoms with E-state index in [1.807, 2.05) is 25.1 Å². The van der Waals surface area contributed by atoms with Gasteiger partial charge in [0, 0.05) is 17.4 Å². The summed E-state index contributed by atoms with van der Waals surface area (Å²) in [5, 5.41) is 15.1. The van der Waals surface area contributed by atoms with Crippen LogP contribution in [0.25, 0.3) is 22.5 Å². The van der Waals surface area contributed by atoms with Gasteiger partial charge in [-0.2, -0.15) is 0 Å². The quantitative estimate of drug-likeness (QED) is 0.180. The van der Waals surface area contributed by atoms with Crippen LogP contribution in [-0.4, -0.2) is 16.5 Å². The highest BCUT2D eigenvalue weighted by Crippen LogP contribution is 2.50. The molecule has 3 aromatic carbocycles. The average molecular weight is 480 g/mol. The van der Waals surface area contributed by atoms with E-state index in [1.54, 1.807) is 0 Å². The summed E-state index contributed by atoms with van der Waals surface area (Å²) in [6.45, 7) is 1.89. The summed E-state index contributed by atoms with van der Waals surface area (Å²) in [7, 11) is 0. The monoisotopic (exact) mass is 479 g/mol. The molecule has 1 saturated carbocycles. The van der Waals surface area contributed by atoms with Gasteiger partial charge < -0.3 is 14.4 Å². The summed E-state index contributed by atoms with van der Waals surface area (Å²) in [6, 6.07) is 27.3. The molecule has 5 rings (SSSR count). The molecule has 4 heteroatoms. The van der Waals surface area contributed by atoms with Crippen molar-refractivity contribution in [3.8, 4) is 22.5 Å². The molecule has 36 heavy (non-hydrogen) atoms. The lowest BCUT2D eigenvalue weighted by Gasteiger charge is -2.13. The summed E-state index contributed by atoms with van der Waals surface area (Å²) >= 11 is 0. The number of unbranched alkanes of at least 4 members (excludes halogenated alkanes) is 1. The van der Waals surface area contributed by atoms with Crippen LogP contribution in [0, 0.1) is 6.92 Å². The molecular formula is C32H33NO3.